The molecule has 0 aromatic carbocycles. The Morgan fingerprint density at radius 2 is 0.500 bits per heavy atom. The smallest absolute Gasteiger partial charge is 0.462 e. The number of phosphoric acid groups is 2. The van der Waals surface area contributed by atoms with Gasteiger partial charge < -0.3 is 33.8 Å². The topological polar surface area (TPSA) is 237 Å². The molecule has 0 bridgehead atoms. The highest BCUT2D eigenvalue weighted by molar-refractivity contribution is 7.47. The molecule has 0 radical (unpaired) electrons. The van der Waals surface area contributed by atoms with Gasteiger partial charge in [-0.2, -0.15) is 0 Å². The maximum absolute atomic E-state index is 13.1. The second-order valence-corrected chi connectivity index (χ2v) is 34.0. The molecular weight excluding hydrogens is 1330 g/mol. The van der Waals surface area contributed by atoms with Gasteiger partial charge in [-0.1, -0.05) is 382 Å². The Labute approximate surface area is 626 Å². The standard InChI is InChI=1S/C83H162O17P2/c1-8-10-11-12-13-14-15-30-36-45-52-59-66-82(87)100-79(71-94-81(86)65-58-51-44-39-38-41-48-55-62-75(5)6)73-98-102(91,92)96-69-77(84)68-95-101(89,90)97-72-78(70-93-80(85)64-57-50-43-35-31-26-23-22-25-29-34-42-49-56-63-76(7)9-2)99-83(88)67-60-53-46-37-32-27-21-19-17-16-18-20-24-28-33-40-47-54-61-74(3)4/h74-79,84H,8-73H2,1-7H3,(H,89,90)(H,91,92)/t76?,77-,78-,79-/m1/s1. The van der Waals surface area contributed by atoms with E-state index in [0.29, 0.717) is 25.7 Å². The third-order valence-corrected chi connectivity index (χ3v) is 21.6. The molecule has 17 nitrogen and oxygen atoms in total. The summed E-state index contributed by atoms with van der Waals surface area (Å²) in [6.07, 6.45) is 62.4. The molecule has 0 aliphatic heterocycles. The van der Waals surface area contributed by atoms with Crippen molar-refractivity contribution < 1.29 is 80.2 Å². The Morgan fingerprint density at radius 3 is 0.745 bits per heavy atom. The van der Waals surface area contributed by atoms with Crippen molar-refractivity contribution >= 4 is 39.5 Å². The first kappa shape index (κ1) is 100. The van der Waals surface area contributed by atoms with Gasteiger partial charge in [0.15, 0.2) is 12.2 Å². The van der Waals surface area contributed by atoms with Crippen molar-refractivity contribution in [2.45, 2.75) is 452 Å². The number of hydrogen-bond acceptors (Lipinski definition) is 15. The van der Waals surface area contributed by atoms with E-state index < -0.39 is 97.5 Å². The monoisotopic (exact) mass is 1490 g/mol. The lowest BCUT2D eigenvalue weighted by Crippen LogP contribution is -2.30. The zero-order chi connectivity index (χ0) is 75.1. The molecule has 19 heteroatoms. The minimum Gasteiger partial charge on any atom is -0.462 e. The minimum absolute atomic E-state index is 0.107. The van der Waals surface area contributed by atoms with Gasteiger partial charge in [0, 0.05) is 25.7 Å². The fraction of sp³-hybridized carbons (Fsp3) is 0.952. The van der Waals surface area contributed by atoms with Gasteiger partial charge >= 0.3 is 39.5 Å². The summed E-state index contributed by atoms with van der Waals surface area (Å²) in [7, 11) is -9.92. The number of esters is 4. The molecule has 3 N–H and O–H groups in total. The number of phosphoric ester groups is 2. The van der Waals surface area contributed by atoms with Crippen LogP contribution in [0.25, 0.3) is 0 Å². The quantitative estimate of drug-likeness (QED) is 0.0222. The molecule has 0 rings (SSSR count). The third-order valence-electron chi connectivity index (χ3n) is 19.7. The Bertz CT molecular complexity index is 1980. The summed E-state index contributed by atoms with van der Waals surface area (Å²) in [4.78, 5) is 73.1. The molecule has 0 spiro atoms. The predicted octanol–water partition coefficient (Wildman–Crippen LogP) is 24.9. The van der Waals surface area contributed by atoms with Crippen molar-refractivity contribution in [1.29, 1.82) is 0 Å². The Balaban J connectivity index is 5.23. The first-order chi connectivity index (χ1) is 49.3. The van der Waals surface area contributed by atoms with E-state index in [9.17, 15) is 43.2 Å². The van der Waals surface area contributed by atoms with Crippen molar-refractivity contribution in [3.63, 3.8) is 0 Å². The summed E-state index contributed by atoms with van der Waals surface area (Å²) in [6.45, 7) is 12.0. The fourth-order valence-electron chi connectivity index (χ4n) is 12.8. The van der Waals surface area contributed by atoms with Crippen molar-refractivity contribution in [2.24, 2.45) is 17.8 Å². The zero-order valence-electron chi connectivity index (χ0n) is 67.1. The Kier molecular flexibility index (Phi) is 71.8. The minimum atomic E-state index is -4.96. The number of ether oxygens (including phenoxy) is 4. The highest BCUT2D eigenvalue weighted by Crippen LogP contribution is 2.45. The number of carbonyl (C=O) groups excluding carboxylic acids is 4. The van der Waals surface area contributed by atoms with Crippen molar-refractivity contribution in [1.82, 2.24) is 0 Å². The van der Waals surface area contributed by atoms with Crippen LogP contribution in [0.1, 0.15) is 434 Å². The summed E-state index contributed by atoms with van der Waals surface area (Å²) in [5, 5.41) is 10.6. The molecule has 0 amide bonds. The maximum atomic E-state index is 13.1. The van der Waals surface area contributed by atoms with Gasteiger partial charge in [-0.3, -0.25) is 37.3 Å². The average Bonchev–Trinajstić information content (AvgIpc) is 0.914. The lowest BCUT2D eigenvalue weighted by Gasteiger charge is -2.21. The SMILES string of the molecule is CCCCCCCCCCCCCCC(=O)O[C@H](COC(=O)CCCCCCCCCCC(C)C)COP(=O)(O)OC[C@H](O)COP(=O)(O)OC[C@@H](COC(=O)CCCCCCCCCCCCCCCCC(C)CC)OC(=O)CCCCCCCCCCCCCCCCCCCCC(C)C. The number of rotatable bonds is 81. The van der Waals surface area contributed by atoms with Gasteiger partial charge in [0.05, 0.1) is 26.4 Å². The van der Waals surface area contributed by atoms with Crippen LogP contribution in [-0.2, 0) is 65.4 Å². The van der Waals surface area contributed by atoms with Gasteiger partial charge in [-0.05, 0) is 43.4 Å². The van der Waals surface area contributed by atoms with Crippen molar-refractivity contribution in [3.8, 4) is 0 Å². The molecule has 6 atom stereocenters. The molecule has 0 saturated heterocycles. The highest BCUT2D eigenvalue weighted by atomic mass is 31.2. The van der Waals surface area contributed by atoms with E-state index in [2.05, 4.69) is 48.5 Å². The van der Waals surface area contributed by atoms with E-state index in [1.807, 2.05) is 0 Å². The van der Waals surface area contributed by atoms with Gasteiger partial charge in [0.25, 0.3) is 0 Å². The number of carbonyl (C=O) groups is 4. The second kappa shape index (κ2) is 73.2. The number of aliphatic hydroxyl groups excluding tert-OH is 1. The highest BCUT2D eigenvalue weighted by Gasteiger charge is 2.30. The summed E-state index contributed by atoms with van der Waals surface area (Å²) in [5.74, 6) is 0.289. The van der Waals surface area contributed by atoms with Crippen molar-refractivity contribution in [2.75, 3.05) is 39.6 Å². The summed E-state index contributed by atoms with van der Waals surface area (Å²) in [6, 6.07) is 0. The second-order valence-electron chi connectivity index (χ2n) is 31.1. The van der Waals surface area contributed by atoms with Crippen LogP contribution in [0, 0.1) is 17.8 Å². The molecule has 606 valence electrons. The Hall–Kier alpha value is -1.94. The van der Waals surface area contributed by atoms with E-state index in [1.165, 1.54) is 244 Å². The molecule has 3 unspecified atom stereocenters. The first-order valence-corrected chi connectivity index (χ1v) is 45.9. The van der Waals surface area contributed by atoms with Crippen molar-refractivity contribution in [3.05, 3.63) is 0 Å². The molecule has 0 fully saturated rings. The van der Waals surface area contributed by atoms with E-state index in [-0.39, 0.29) is 25.7 Å². The summed E-state index contributed by atoms with van der Waals surface area (Å²) in [5.41, 5.74) is 0. The molecule has 0 aliphatic rings. The van der Waals surface area contributed by atoms with Crippen LogP contribution in [0.3, 0.4) is 0 Å². The lowest BCUT2D eigenvalue weighted by atomic mass is 9.99. The van der Waals surface area contributed by atoms with Gasteiger partial charge in [-0.25, -0.2) is 9.13 Å². The lowest BCUT2D eigenvalue weighted by molar-refractivity contribution is -0.161. The number of hydrogen-bond donors (Lipinski definition) is 3. The molecule has 0 aromatic rings. The Morgan fingerprint density at radius 1 is 0.284 bits per heavy atom. The zero-order valence-corrected chi connectivity index (χ0v) is 68.9. The van der Waals surface area contributed by atoms with E-state index in [0.717, 1.165) is 108 Å². The van der Waals surface area contributed by atoms with Crippen LogP contribution >= 0.6 is 15.6 Å². The average molecular weight is 1490 g/mol. The maximum Gasteiger partial charge on any atom is 0.472 e. The van der Waals surface area contributed by atoms with Crippen LogP contribution in [0.15, 0.2) is 0 Å². The van der Waals surface area contributed by atoms with Crippen LogP contribution < -0.4 is 0 Å². The van der Waals surface area contributed by atoms with Gasteiger partial charge in [0.2, 0.25) is 0 Å². The summed E-state index contributed by atoms with van der Waals surface area (Å²) < 4.78 is 68.8. The van der Waals surface area contributed by atoms with E-state index in [1.54, 1.807) is 0 Å². The van der Waals surface area contributed by atoms with E-state index in [4.69, 9.17) is 37.0 Å². The van der Waals surface area contributed by atoms with Gasteiger partial charge in [-0.15, -0.1) is 0 Å². The molecule has 0 heterocycles. The van der Waals surface area contributed by atoms with Gasteiger partial charge in [0.1, 0.15) is 19.3 Å². The molecule has 0 saturated carbocycles. The largest absolute Gasteiger partial charge is 0.472 e. The number of aliphatic hydroxyl groups is 1. The van der Waals surface area contributed by atoms with Crippen LogP contribution in [0.4, 0.5) is 0 Å². The van der Waals surface area contributed by atoms with Crippen LogP contribution in [-0.4, -0.2) is 96.7 Å². The first-order valence-electron chi connectivity index (χ1n) is 42.9. The predicted molar refractivity (Wildman–Crippen MR) is 418 cm³/mol. The molecule has 0 aromatic heterocycles. The molecular formula is C83H162O17P2. The van der Waals surface area contributed by atoms with Crippen LogP contribution in [0.5, 0.6) is 0 Å². The molecule has 102 heavy (non-hydrogen) atoms. The fourth-order valence-corrected chi connectivity index (χ4v) is 14.4. The third kappa shape index (κ3) is 74.9. The molecule has 0 aliphatic carbocycles. The summed E-state index contributed by atoms with van der Waals surface area (Å²) >= 11 is 0. The normalized spacial score (nSPS) is 14.2. The van der Waals surface area contributed by atoms with E-state index >= 15 is 0 Å². The van der Waals surface area contributed by atoms with Crippen LogP contribution in [0.2, 0.25) is 0 Å². The number of unbranched alkanes of at least 4 members (excludes halogenated alkanes) is 48.